The van der Waals surface area contributed by atoms with E-state index in [4.69, 9.17) is 33.3 Å². The fourth-order valence-electron chi connectivity index (χ4n) is 3.11. The van der Waals surface area contributed by atoms with Gasteiger partial charge in [0.05, 0.1) is 19.9 Å². The predicted molar refractivity (Wildman–Crippen MR) is 114 cm³/mol. The van der Waals surface area contributed by atoms with Gasteiger partial charge in [-0.2, -0.15) is 0 Å². The van der Waals surface area contributed by atoms with Crippen molar-refractivity contribution in [3.8, 4) is 11.5 Å². The number of hydrogen-bond acceptors (Lipinski definition) is 4. The topological polar surface area (TPSA) is 37.0 Å². The molecule has 150 valence electrons. The zero-order valence-corrected chi connectivity index (χ0v) is 17.4. The molecule has 5 nitrogen and oxygen atoms in total. The Hall–Kier alpha value is -2.09. The van der Waals surface area contributed by atoms with Gasteiger partial charge >= 0.3 is 0 Å². The van der Waals surface area contributed by atoms with Gasteiger partial charge in [0.1, 0.15) is 17.3 Å². The molecule has 0 radical (unpaired) electrons. The molecule has 2 aromatic carbocycles. The third-order valence-electron chi connectivity index (χ3n) is 4.72. The maximum atomic E-state index is 13.2. The van der Waals surface area contributed by atoms with E-state index in [-0.39, 0.29) is 5.82 Å². The van der Waals surface area contributed by atoms with Crippen LogP contribution in [0.1, 0.15) is 5.56 Å². The average molecular weight is 424 g/mol. The van der Waals surface area contributed by atoms with Gasteiger partial charge in [0.25, 0.3) is 0 Å². The highest BCUT2D eigenvalue weighted by Gasteiger charge is 2.20. The van der Waals surface area contributed by atoms with E-state index in [0.29, 0.717) is 22.4 Å². The Labute approximate surface area is 175 Å². The van der Waals surface area contributed by atoms with Crippen molar-refractivity contribution in [3.63, 3.8) is 0 Å². The molecule has 28 heavy (non-hydrogen) atoms. The minimum atomic E-state index is -0.317. The number of thiocarbonyl (C=S) groups is 1. The lowest BCUT2D eigenvalue weighted by molar-refractivity contribution is 0.177. The second-order valence-electron chi connectivity index (χ2n) is 6.50. The number of piperazine rings is 1. The standard InChI is InChI=1S/C20H23ClFN3O2S/c1-26-16-5-6-19(27-2)18(12-16)23-20(28)25-9-7-24(8-10-25)13-14-3-4-15(22)11-17(14)21/h3-6,11-12H,7-10,13H2,1-2H3,(H,23,28). The van der Waals surface area contributed by atoms with Gasteiger partial charge in [-0.05, 0) is 42.0 Å². The summed E-state index contributed by atoms with van der Waals surface area (Å²) in [6.07, 6.45) is 0. The smallest absolute Gasteiger partial charge is 0.173 e. The molecule has 0 atom stereocenters. The molecule has 0 saturated carbocycles. The molecule has 1 heterocycles. The first kappa shape index (κ1) is 20.6. The second kappa shape index (κ2) is 9.41. The summed E-state index contributed by atoms with van der Waals surface area (Å²) in [5, 5.41) is 4.36. The number of methoxy groups -OCH3 is 2. The molecule has 3 rings (SSSR count). The molecule has 1 N–H and O–H groups in total. The summed E-state index contributed by atoms with van der Waals surface area (Å²) in [5.41, 5.74) is 1.70. The van der Waals surface area contributed by atoms with Crippen LogP contribution in [0.4, 0.5) is 10.1 Å². The number of rotatable bonds is 5. The first-order valence-corrected chi connectivity index (χ1v) is 9.73. The van der Waals surface area contributed by atoms with E-state index >= 15 is 0 Å². The van der Waals surface area contributed by atoms with Gasteiger partial charge in [-0.1, -0.05) is 17.7 Å². The van der Waals surface area contributed by atoms with Gasteiger partial charge in [-0.15, -0.1) is 0 Å². The molecule has 1 saturated heterocycles. The maximum Gasteiger partial charge on any atom is 0.173 e. The second-order valence-corrected chi connectivity index (χ2v) is 7.29. The van der Waals surface area contributed by atoms with E-state index < -0.39 is 0 Å². The minimum Gasteiger partial charge on any atom is -0.497 e. The lowest BCUT2D eigenvalue weighted by atomic mass is 10.2. The summed E-state index contributed by atoms with van der Waals surface area (Å²) < 4.78 is 23.9. The van der Waals surface area contributed by atoms with Crippen molar-refractivity contribution in [2.24, 2.45) is 0 Å². The van der Waals surface area contributed by atoms with Crippen molar-refractivity contribution >= 4 is 34.6 Å². The van der Waals surface area contributed by atoms with Crippen molar-refractivity contribution < 1.29 is 13.9 Å². The summed E-state index contributed by atoms with van der Waals surface area (Å²) in [5.74, 6) is 1.11. The normalized spacial score (nSPS) is 14.6. The zero-order chi connectivity index (χ0) is 20.1. The van der Waals surface area contributed by atoms with E-state index in [9.17, 15) is 4.39 Å². The van der Waals surface area contributed by atoms with Crippen LogP contribution < -0.4 is 14.8 Å². The van der Waals surface area contributed by atoms with Crippen molar-refractivity contribution in [1.82, 2.24) is 9.80 Å². The van der Waals surface area contributed by atoms with Crippen molar-refractivity contribution in [2.45, 2.75) is 6.54 Å². The van der Waals surface area contributed by atoms with Crippen LogP contribution in [0.5, 0.6) is 11.5 Å². The van der Waals surface area contributed by atoms with Gasteiger partial charge in [0.15, 0.2) is 5.11 Å². The van der Waals surface area contributed by atoms with E-state index in [1.165, 1.54) is 12.1 Å². The summed E-state index contributed by atoms with van der Waals surface area (Å²) in [6.45, 7) is 3.94. The minimum absolute atomic E-state index is 0.317. The van der Waals surface area contributed by atoms with Gasteiger partial charge in [-0.25, -0.2) is 4.39 Å². The lowest BCUT2D eigenvalue weighted by Crippen LogP contribution is -2.49. The van der Waals surface area contributed by atoms with Gasteiger partial charge in [-0.3, -0.25) is 4.90 Å². The molecule has 2 aromatic rings. The molecule has 0 aliphatic carbocycles. The molecule has 0 bridgehead atoms. The predicted octanol–water partition coefficient (Wildman–Crippen LogP) is 4.01. The number of hydrogen-bond donors (Lipinski definition) is 1. The van der Waals surface area contributed by atoms with Crippen LogP contribution in [0.3, 0.4) is 0 Å². The Kier molecular flexibility index (Phi) is 6.93. The highest BCUT2D eigenvalue weighted by Crippen LogP contribution is 2.29. The molecule has 0 unspecified atom stereocenters. The first-order valence-electron chi connectivity index (χ1n) is 8.94. The third-order valence-corrected chi connectivity index (χ3v) is 5.43. The summed E-state index contributed by atoms with van der Waals surface area (Å²) in [7, 11) is 3.24. The third kappa shape index (κ3) is 5.04. The van der Waals surface area contributed by atoms with Crippen LogP contribution >= 0.6 is 23.8 Å². The number of halogens is 2. The fourth-order valence-corrected chi connectivity index (χ4v) is 3.63. The highest BCUT2D eigenvalue weighted by atomic mass is 35.5. The fraction of sp³-hybridized carbons (Fsp3) is 0.350. The Morgan fingerprint density at radius 3 is 2.50 bits per heavy atom. The summed E-state index contributed by atoms with van der Waals surface area (Å²) in [4.78, 5) is 4.40. The molecule has 8 heteroatoms. The van der Waals surface area contributed by atoms with E-state index in [1.807, 2.05) is 18.2 Å². The van der Waals surface area contributed by atoms with E-state index in [2.05, 4.69) is 15.1 Å². The van der Waals surface area contributed by atoms with Crippen molar-refractivity contribution in [1.29, 1.82) is 0 Å². The number of ether oxygens (including phenoxy) is 2. The van der Waals surface area contributed by atoms with Crippen molar-refractivity contribution in [2.75, 3.05) is 45.7 Å². The molecule has 1 fully saturated rings. The van der Waals surface area contributed by atoms with E-state index in [0.717, 1.165) is 43.2 Å². The molecule has 1 aliphatic rings. The number of nitrogens with zero attached hydrogens (tertiary/aromatic N) is 2. The highest BCUT2D eigenvalue weighted by molar-refractivity contribution is 7.80. The van der Waals surface area contributed by atoms with Crippen LogP contribution in [0.2, 0.25) is 5.02 Å². The molecule has 0 spiro atoms. The summed E-state index contributed by atoms with van der Waals surface area (Å²) in [6, 6.07) is 10.1. The number of nitrogens with one attached hydrogen (secondary N) is 1. The lowest BCUT2D eigenvalue weighted by Gasteiger charge is -2.36. The Morgan fingerprint density at radius 2 is 1.86 bits per heavy atom. The summed E-state index contributed by atoms with van der Waals surface area (Å²) >= 11 is 11.7. The molecule has 1 aliphatic heterocycles. The largest absolute Gasteiger partial charge is 0.497 e. The van der Waals surface area contributed by atoms with Crippen LogP contribution in [-0.2, 0) is 6.54 Å². The van der Waals surface area contributed by atoms with E-state index in [1.54, 1.807) is 20.3 Å². The van der Waals surface area contributed by atoms with Crippen LogP contribution in [0.25, 0.3) is 0 Å². The molecular weight excluding hydrogens is 401 g/mol. The van der Waals surface area contributed by atoms with Gasteiger partial charge < -0.3 is 19.7 Å². The Morgan fingerprint density at radius 1 is 1.11 bits per heavy atom. The van der Waals surface area contributed by atoms with Crippen LogP contribution in [-0.4, -0.2) is 55.3 Å². The zero-order valence-electron chi connectivity index (χ0n) is 15.9. The monoisotopic (exact) mass is 423 g/mol. The number of benzene rings is 2. The van der Waals surface area contributed by atoms with Crippen LogP contribution in [0.15, 0.2) is 36.4 Å². The number of anilines is 1. The SMILES string of the molecule is COc1ccc(OC)c(NC(=S)N2CCN(Cc3ccc(F)cc3Cl)CC2)c1. The first-order chi connectivity index (χ1) is 13.5. The Bertz CT molecular complexity index is 844. The maximum absolute atomic E-state index is 13.2. The quantitative estimate of drug-likeness (QED) is 0.732. The van der Waals surface area contributed by atoms with Gasteiger partial charge in [0, 0.05) is 43.8 Å². The molecular formula is C20H23ClFN3O2S. The average Bonchev–Trinajstić information content (AvgIpc) is 2.70. The molecule has 0 amide bonds. The van der Waals surface area contributed by atoms with Crippen molar-refractivity contribution in [3.05, 3.63) is 52.8 Å². The Balaban J connectivity index is 1.57. The van der Waals surface area contributed by atoms with Crippen LogP contribution in [0, 0.1) is 5.82 Å². The van der Waals surface area contributed by atoms with Gasteiger partial charge in [0.2, 0.25) is 0 Å². The molecule has 0 aromatic heterocycles.